The van der Waals surface area contributed by atoms with Gasteiger partial charge < -0.3 is 15.3 Å². The highest BCUT2D eigenvalue weighted by molar-refractivity contribution is 4.91. The minimum Gasteiger partial charge on any atom is -0.394 e. The minimum absolute atomic E-state index is 0.0536. The van der Waals surface area contributed by atoms with Gasteiger partial charge in [0.1, 0.15) is 0 Å². The van der Waals surface area contributed by atoms with Crippen LogP contribution in [0.3, 0.4) is 0 Å². The maximum Gasteiger partial charge on any atom is 0.0613 e. The quantitative estimate of drug-likeness (QED) is 0.651. The highest BCUT2D eigenvalue weighted by atomic mass is 16.3. The van der Waals surface area contributed by atoms with Gasteiger partial charge in [-0.3, -0.25) is 0 Å². The molecule has 2 aliphatic carbocycles. The molecule has 124 valence electrons. The molecule has 0 aromatic carbocycles. The van der Waals surface area contributed by atoms with Crippen molar-refractivity contribution in [2.45, 2.75) is 64.3 Å². The zero-order valence-corrected chi connectivity index (χ0v) is 14.4. The molecule has 0 spiro atoms. The summed E-state index contributed by atoms with van der Waals surface area (Å²) in [6.45, 7) is 7.96. The SMILES string of the molecule is CCNC(CC)(CO)CCCN(C)CC1CC2CCC1C2. The molecule has 4 atom stereocenters. The zero-order valence-electron chi connectivity index (χ0n) is 14.4. The molecule has 4 unspecified atom stereocenters. The van der Waals surface area contributed by atoms with Crippen molar-refractivity contribution in [2.75, 3.05) is 33.3 Å². The predicted octanol–water partition coefficient (Wildman–Crippen LogP) is 2.89. The van der Waals surface area contributed by atoms with Gasteiger partial charge in [-0.2, -0.15) is 0 Å². The van der Waals surface area contributed by atoms with Crippen LogP contribution < -0.4 is 5.32 Å². The van der Waals surface area contributed by atoms with Gasteiger partial charge in [-0.25, -0.2) is 0 Å². The number of rotatable bonds is 10. The van der Waals surface area contributed by atoms with Crippen LogP contribution in [0.1, 0.15) is 58.8 Å². The van der Waals surface area contributed by atoms with Crippen molar-refractivity contribution < 1.29 is 5.11 Å². The summed E-state index contributed by atoms with van der Waals surface area (Å²) < 4.78 is 0. The summed E-state index contributed by atoms with van der Waals surface area (Å²) in [4.78, 5) is 2.54. The van der Waals surface area contributed by atoms with Crippen LogP contribution in [0.15, 0.2) is 0 Å². The molecule has 2 saturated carbocycles. The molecule has 0 aliphatic heterocycles. The van der Waals surface area contributed by atoms with Crippen LogP contribution in [0.2, 0.25) is 0 Å². The number of likely N-dealkylation sites (N-methyl/N-ethyl adjacent to an activating group) is 1. The largest absolute Gasteiger partial charge is 0.394 e. The van der Waals surface area contributed by atoms with Gasteiger partial charge in [0.15, 0.2) is 0 Å². The van der Waals surface area contributed by atoms with Gasteiger partial charge in [0.2, 0.25) is 0 Å². The summed E-state index contributed by atoms with van der Waals surface area (Å²) in [7, 11) is 2.28. The van der Waals surface area contributed by atoms with Crippen molar-refractivity contribution >= 4 is 0 Å². The van der Waals surface area contributed by atoms with E-state index in [2.05, 4.69) is 31.1 Å². The van der Waals surface area contributed by atoms with Gasteiger partial charge in [-0.1, -0.05) is 20.3 Å². The molecule has 0 radical (unpaired) electrons. The van der Waals surface area contributed by atoms with Gasteiger partial charge in [-0.05, 0) is 76.4 Å². The normalized spacial score (nSPS) is 31.0. The molecule has 0 amide bonds. The first-order chi connectivity index (χ1) is 10.1. The maximum absolute atomic E-state index is 9.70. The van der Waals surface area contributed by atoms with Crippen LogP contribution in [-0.2, 0) is 0 Å². The van der Waals surface area contributed by atoms with Crippen molar-refractivity contribution in [3.63, 3.8) is 0 Å². The van der Waals surface area contributed by atoms with E-state index in [1.165, 1.54) is 45.2 Å². The van der Waals surface area contributed by atoms with Gasteiger partial charge in [0.25, 0.3) is 0 Å². The van der Waals surface area contributed by atoms with E-state index in [0.717, 1.165) is 37.1 Å². The molecule has 21 heavy (non-hydrogen) atoms. The summed E-state index contributed by atoms with van der Waals surface area (Å²) in [6.07, 6.45) is 9.27. The summed E-state index contributed by atoms with van der Waals surface area (Å²) in [6, 6.07) is 0. The Kier molecular flexibility index (Phi) is 6.51. The van der Waals surface area contributed by atoms with E-state index in [1.807, 2.05) is 0 Å². The second-order valence-electron chi connectivity index (χ2n) is 7.62. The van der Waals surface area contributed by atoms with Crippen LogP contribution in [0, 0.1) is 17.8 Å². The maximum atomic E-state index is 9.70. The van der Waals surface area contributed by atoms with E-state index in [-0.39, 0.29) is 12.1 Å². The second-order valence-corrected chi connectivity index (χ2v) is 7.62. The third-order valence-electron chi connectivity index (χ3n) is 6.16. The molecule has 0 aromatic heterocycles. The number of aliphatic hydroxyl groups is 1. The first kappa shape index (κ1) is 17.2. The van der Waals surface area contributed by atoms with Crippen LogP contribution in [0.25, 0.3) is 0 Å². The molecular weight excluding hydrogens is 260 g/mol. The Morgan fingerprint density at radius 3 is 2.57 bits per heavy atom. The Morgan fingerprint density at radius 1 is 1.24 bits per heavy atom. The number of hydrogen-bond acceptors (Lipinski definition) is 3. The Labute approximate surface area is 131 Å². The average molecular weight is 296 g/mol. The zero-order chi connectivity index (χ0) is 15.3. The van der Waals surface area contributed by atoms with Gasteiger partial charge in [0, 0.05) is 12.1 Å². The van der Waals surface area contributed by atoms with E-state index in [4.69, 9.17) is 0 Å². The number of nitrogens with one attached hydrogen (secondary N) is 1. The molecule has 3 heteroatoms. The Balaban J connectivity index is 1.67. The number of nitrogens with zero attached hydrogens (tertiary/aromatic N) is 1. The topological polar surface area (TPSA) is 35.5 Å². The fraction of sp³-hybridized carbons (Fsp3) is 1.00. The van der Waals surface area contributed by atoms with E-state index in [9.17, 15) is 5.11 Å². The standard InChI is InChI=1S/C18H36N2O/c1-4-18(14-21,19-5-2)9-6-10-20(3)13-17-12-15-7-8-16(17)11-15/h15-17,19,21H,4-14H2,1-3H3. The third kappa shape index (κ3) is 4.43. The lowest BCUT2D eigenvalue weighted by atomic mass is 9.88. The fourth-order valence-corrected chi connectivity index (χ4v) is 4.79. The smallest absolute Gasteiger partial charge is 0.0613 e. The molecule has 0 heterocycles. The first-order valence-electron chi connectivity index (χ1n) is 9.17. The number of aliphatic hydroxyl groups excluding tert-OH is 1. The first-order valence-corrected chi connectivity index (χ1v) is 9.17. The molecular formula is C18H36N2O. The van der Waals surface area contributed by atoms with Gasteiger partial charge >= 0.3 is 0 Å². The number of fused-ring (bicyclic) bond motifs is 2. The second kappa shape index (κ2) is 7.94. The van der Waals surface area contributed by atoms with Crippen LogP contribution in [-0.4, -0.2) is 48.8 Å². The Bertz CT molecular complexity index is 304. The van der Waals surface area contributed by atoms with Crippen LogP contribution >= 0.6 is 0 Å². The Morgan fingerprint density at radius 2 is 2.05 bits per heavy atom. The fourth-order valence-electron chi connectivity index (χ4n) is 4.79. The van der Waals surface area contributed by atoms with Crippen molar-refractivity contribution in [1.29, 1.82) is 0 Å². The lowest BCUT2D eigenvalue weighted by molar-refractivity contribution is 0.139. The van der Waals surface area contributed by atoms with Gasteiger partial charge in [-0.15, -0.1) is 0 Å². The molecule has 2 bridgehead atoms. The summed E-state index contributed by atoms with van der Waals surface area (Å²) in [5, 5.41) is 13.2. The molecule has 3 nitrogen and oxygen atoms in total. The van der Waals surface area contributed by atoms with E-state index >= 15 is 0 Å². The van der Waals surface area contributed by atoms with Crippen LogP contribution in [0.4, 0.5) is 0 Å². The summed E-state index contributed by atoms with van der Waals surface area (Å²) >= 11 is 0. The van der Waals surface area contributed by atoms with Crippen molar-refractivity contribution in [1.82, 2.24) is 10.2 Å². The van der Waals surface area contributed by atoms with Gasteiger partial charge in [0.05, 0.1) is 6.61 Å². The highest BCUT2D eigenvalue weighted by Gasteiger charge is 2.39. The van der Waals surface area contributed by atoms with E-state index in [0.29, 0.717) is 0 Å². The lowest BCUT2D eigenvalue weighted by Crippen LogP contribution is -2.48. The minimum atomic E-state index is -0.0536. The van der Waals surface area contributed by atoms with E-state index < -0.39 is 0 Å². The third-order valence-corrected chi connectivity index (χ3v) is 6.16. The lowest BCUT2D eigenvalue weighted by Gasteiger charge is -2.33. The van der Waals surface area contributed by atoms with Crippen molar-refractivity contribution in [2.24, 2.45) is 17.8 Å². The highest BCUT2D eigenvalue weighted by Crippen LogP contribution is 2.48. The van der Waals surface area contributed by atoms with Crippen molar-refractivity contribution in [3.8, 4) is 0 Å². The predicted molar refractivity (Wildman–Crippen MR) is 89.5 cm³/mol. The molecule has 0 saturated heterocycles. The molecule has 2 N–H and O–H groups in total. The summed E-state index contributed by atoms with van der Waals surface area (Å²) in [5.74, 6) is 3.06. The monoisotopic (exact) mass is 296 g/mol. The van der Waals surface area contributed by atoms with E-state index in [1.54, 1.807) is 0 Å². The average Bonchev–Trinajstić information content (AvgIpc) is 3.09. The molecule has 2 rings (SSSR count). The summed E-state index contributed by atoms with van der Waals surface area (Å²) in [5.41, 5.74) is -0.0536. The number of hydrogen-bond donors (Lipinski definition) is 2. The molecule has 0 aromatic rings. The van der Waals surface area contributed by atoms with Crippen molar-refractivity contribution in [3.05, 3.63) is 0 Å². The molecule has 2 fully saturated rings. The van der Waals surface area contributed by atoms with Crippen LogP contribution in [0.5, 0.6) is 0 Å². The molecule has 2 aliphatic rings. The Hall–Kier alpha value is -0.120.